The van der Waals surface area contributed by atoms with Crippen LogP contribution in [0.3, 0.4) is 0 Å². The highest BCUT2D eigenvalue weighted by atomic mass is 79.9. The van der Waals surface area contributed by atoms with Crippen LogP contribution in [0.2, 0.25) is 0 Å². The van der Waals surface area contributed by atoms with Gasteiger partial charge in [-0.05, 0) is 23.8 Å². The van der Waals surface area contributed by atoms with Crippen molar-refractivity contribution in [3.8, 4) is 0 Å². The molecule has 0 unspecified atom stereocenters. The Labute approximate surface area is 139 Å². The monoisotopic (exact) mass is 420 g/mol. The predicted molar refractivity (Wildman–Crippen MR) is 82.8 cm³/mol. The van der Waals surface area contributed by atoms with Crippen molar-refractivity contribution in [2.24, 2.45) is 5.92 Å². The van der Waals surface area contributed by atoms with Crippen LogP contribution in [0, 0.1) is 5.92 Å². The zero-order valence-corrected chi connectivity index (χ0v) is 14.6. The highest BCUT2D eigenvalue weighted by Crippen LogP contribution is 2.33. The molecule has 0 heterocycles. The van der Waals surface area contributed by atoms with Crippen molar-refractivity contribution in [3.63, 3.8) is 0 Å². The standard InChI is InChI=1S/C14H14Br2O5/c1-20-13(18)12(14(19)21-2)11(3-4-17)8-5-9(15)7-10(16)6-8/h4-7,11-12H,3H2,1-2H3/t11-/m1/s1. The summed E-state index contributed by atoms with van der Waals surface area (Å²) in [5, 5.41) is 0. The largest absolute Gasteiger partial charge is 0.468 e. The van der Waals surface area contributed by atoms with E-state index in [2.05, 4.69) is 41.3 Å². The molecule has 0 radical (unpaired) electrons. The molecule has 0 saturated heterocycles. The molecule has 0 bridgehead atoms. The van der Waals surface area contributed by atoms with Gasteiger partial charge in [-0.2, -0.15) is 0 Å². The fourth-order valence-electron chi connectivity index (χ4n) is 2.04. The molecule has 0 spiro atoms. The lowest BCUT2D eigenvalue weighted by Crippen LogP contribution is -2.32. The molecule has 0 saturated carbocycles. The third-order valence-corrected chi connectivity index (χ3v) is 3.89. The van der Waals surface area contributed by atoms with Crippen molar-refractivity contribution >= 4 is 50.1 Å². The Morgan fingerprint density at radius 3 is 1.95 bits per heavy atom. The molecule has 5 nitrogen and oxygen atoms in total. The van der Waals surface area contributed by atoms with Crippen molar-refractivity contribution in [1.29, 1.82) is 0 Å². The van der Waals surface area contributed by atoms with Gasteiger partial charge in [0.25, 0.3) is 0 Å². The quantitative estimate of drug-likeness (QED) is 0.401. The maximum Gasteiger partial charge on any atom is 0.320 e. The number of rotatable bonds is 6. The molecule has 1 atom stereocenters. The number of benzene rings is 1. The maximum absolute atomic E-state index is 11.9. The molecule has 21 heavy (non-hydrogen) atoms. The van der Waals surface area contributed by atoms with Gasteiger partial charge in [-0.25, -0.2) is 0 Å². The summed E-state index contributed by atoms with van der Waals surface area (Å²) in [6.07, 6.45) is 0.663. The van der Waals surface area contributed by atoms with Crippen LogP contribution in [0.5, 0.6) is 0 Å². The smallest absolute Gasteiger partial charge is 0.320 e. The van der Waals surface area contributed by atoms with E-state index < -0.39 is 23.8 Å². The van der Waals surface area contributed by atoms with Gasteiger partial charge in [0.1, 0.15) is 6.29 Å². The van der Waals surface area contributed by atoms with E-state index in [1.54, 1.807) is 12.1 Å². The number of carbonyl (C=O) groups excluding carboxylic acids is 3. The van der Waals surface area contributed by atoms with E-state index in [0.29, 0.717) is 11.8 Å². The number of aldehydes is 1. The molecule has 0 aliphatic carbocycles. The van der Waals surface area contributed by atoms with Gasteiger partial charge in [0.05, 0.1) is 14.2 Å². The van der Waals surface area contributed by atoms with Crippen molar-refractivity contribution in [3.05, 3.63) is 32.7 Å². The number of esters is 2. The first kappa shape index (κ1) is 17.8. The summed E-state index contributed by atoms with van der Waals surface area (Å²) in [4.78, 5) is 34.8. The molecule has 0 aliphatic rings. The molecule has 0 N–H and O–H groups in total. The van der Waals surface area contributed by atoms with Crippen molar-refractivity contribution < 1.29 is 23.9 Å². The second kappa shape index (κ2) is 8.29. The van der Waals surface area contributed by atoms with Crippen molar-refractivity contribution in [2.75, 3.05) is 14.2 Å². The number of carbonyl (C=O) groups is 3. The van der Waals surface area contributed by atoms with E-state index >= 15 is 0 Å². The lowest BCUT2D eigenvalue weighted by Gasteiger charge is -2.22. The first-order valence-corrected chi connectivity index (χ1v) is 7.58. The fourth-order valence-corrected chi connectivity index (χ4v) is 3.37. The van der Waals surface area contributed by atoms with Gasteiger partial charge in [0, 0.05) is 21.3 Å². The number of halogens is 2. The summed E-state index contributed by atoms with van der Waals surface area (Å²) >= 11 is 6.68. The molecule has 1 rings (SSSR count). The Kier molecular flexibility index (Phi) is 7.04. The normalized spacial score (nSPS) is 11.9. The zero-order valence-electron chi connectivity index (χ0n) is 11.5. The van der Waals surface area contributed by atoms with Crippen LogP contribution < -0.4 is 0 Å². The molecule has 1 aromatic carbocycles. The second-order valence-electron chi connectivity index (χ2n) is 4.24. The molecule has 0 aliphatic heterocycles. The van der Waals surface area contributed by atoms with Crippen LogP contribution in [0.25, 0.3) is 0 Å². The number of hydrogen-bond acceptors (Lipinski definition) is 5. The number of methoxy groups -OCH3 is 2. The maximum atomic E-state index is 11.9. The molecular weight excluding hydrogens is 408 g/mol. The van der Waals surface area contributed by atoms with Gasteiger partial charge < -0.3 is 14.3 Å². The first-order valence-electron chi connectivity index (χ1n) is 5.99. The third kappa shape index (κ3) is 4.64. The number of hydrogen-bond donors (Lipinski definition) is 0. The number of ether oxygens (including phenoxy) is 2. The lowest BCUT2D eigenvalue weighted by molar-refractivity contribution is -0.160. The molecule has 0 aromatic heterocycles. The Hall–Kier alpha value is -1.21. The van der Waals surface area contributed by atoms with Gasteiger partial charge in [0.15, 0.2) is 5.92 Å². The second-order valence-corrected chi connectivity index (χ2v) is 6.07. The van der Waals surface area contributed by atoms with Crippen LogP contribution in [0.4, 0.5) is 0 Å². The molecule has 0 fully saturated rings. The topological polar surface area (TPSA) is 69.7 Å². The van der Waals surface area contributed by atoms with Crippen LogP contribution in [0.1, 0.15) is 17.9 Å². The SMILES string of the molecule is COC(=O)C(C(=O)OC)[C@H](CC=O)c1cc(Br)cc(Br)c1. The van der Waals surface area contributed by atoms with E-state index in [9.17, 15) is 14.4 Å². The van der Waals surface area contributed by atoms with E-state index in [-0.39, 0.29) is 6.42 Å². The molecule has 0 amide bonds. The summed E-state index contributed by atoms with van der Waals surface area (Å²) in [5.74, 6) is -3.31. The Balaban J connectivity index is 3.32. The van der Waals surface area contributed by atoms with Gasteiger partial charge in [0.2, 0.25) is 0 Å². The van der Waals surface area contributed by atoms with Gasteiger partial charge in [-0.1, -0.05) is 31.9 Å². The van der Waals surface area contributed by atoms with Crippen molar-refractivity contribution in [2.45, 2.75) is 12.3 Å². The molecule has 7 heteroatoms. The minimum absolute atomic E-state index is 0.00222. The minimum atomic E-state index is -1.19. The average molecular weight is 422 g/mol. The van der Waals surface area contributed by atoms with Crippen molar-refractivity contribution in [1.82, 2.24) is 0 Å². The summed E-state index contributed by atoms with van der Waals surface area (Å²) < 4.78 is 10.9. The van der Waals surface area contributed by atoms with Crippen LogP contribution in [-0.4, -0.2) is 32.4 Å². The van der Waals surface area contributed by atoms with Crippen LogP contribution in [-0.2, 0) is 23.9 Å². The zero-order chi connectivity index (χ0) is 16.0. The van der Waals surface area contributed by atoms with Crippen LogP contribution in [0.15, 0.2) is 27.1 Å². The Morgan fingerprint density at radius 1 is 1.10 bits per heavy atom. The molecule has 1 aromatic rings. The van der Waals surface area contributed by atoms with E-state index in [1.807, 2.05) is 6.07 Å². The summed E-state index contributed by atoms with van der Waals surface area (Å²) in [5.41, 5.74) is 0.657. The summed E-state index contributed by atoms with van der Waals surface area (Å²) in [6, 6.07) is 5.31. The summed E-state index contributed by atoms with van der Waals surface area (Å²) in [6.45, 7) is 0. The Bertz CT molecular complexity index is 508. The third-order valence-electron chi connectivity index (χ3n) is 2.98. The van der Waals surface area contributed by atoms with Gasteiger partial charge in [-0.3, -0.25) is 9.59 Å². The highest BCUT2D eigenvalue weighted by molar-refractivity contribution is 9.11. The molecular formula is C14H14Br2O5. The lowest BCUT2D eigenvalue weighted by atomic mass is 9.84. The van der Waals surface area contributed by atoms with E-state index in [4.69, 9.17) is 0 Å². The average Bonchev–Trinajstić information content (AvgIpc) is 2.44. The minimum Gasteiger partial charge on any atom is -0.468 e. The van der Waals surface area contributed by atoms with E-state index in [1.165, 1.54) is 14.2 Å². The highest BCUT2D eigenvalue weighted by Gasteiger charge is 2.37. The summed E-state index contributed by atoms with van der Waals surface area (Å²) in [7, 11) is 2.38. The van der Waals surface area contributed by atoms with Gasteiger partial charge >= 0.3 is 11.9 Å². The fraction of sp³-hybridized carbons (Fsp3) is 0.357. The predicted octanol–water partition coefficient (Wildman–Crippen LogP) is 2.85. The van der Waals surface area contributed by atoms with Gasteiger partial charge in [-0.15, -0.1) is 0 Å². The first-order chi connectivity index (χ1) is 9.94. The van der Waals surface area contributed by atoms with E-state index in [0.717, 1.165) is 8.95 Å². The van der Waals surface area contributed by atoms with Crippen LogP contribution >= 0.6 is 31.9 Å². The Morgan fingerprint density at radius 2 is 1.57 bits per heavy atom. The molecule has 114 valence electrons.